The fraction of sp³-hybridized carbons (Fsp3) is 0.625. The van der Waals surface area contributed by atoms with E-state index in [-0.39, 0.29) is 18.2 Å². The Labute approximate surface area is 127 Å². The minimum atomic E-state index is -4.52. The lowest BCUT2D eigenvalue weighted by Crippen LogP contribution is -2.46. The van der Waals surface area contributed by atoms with Crippen molar-refractivity contribution in [2.24, 2.45) is 0 Å². The van der Waals surface area contributed by atoms with Crippen LogP contribution in [0, 0.1) is 5.82 Å². The normalized spacial score (nSPS) is 28.4. The standard InChI is InChI=1S/C16H20F4N2/c1-22(14-7-12-4-5-13(8-14)21-12)9-10-2-3-11(17)6-15(10)16(18,19)20/h2-3,6,12-14,21H,4-5,7-9H2,1H3. The number of fused-ring (bicyclic) bond motifs is 2. The summed E-state index contributed by atoms with van der Waals surface area (Å²) in [4.78, 5) is 1.98. The highest BCUT2D eigenvalue weighted by molar-refractivity contribution is 5.30. The molecule has 1 aromatic rings. The van der Waals surface area contributed by atoms with Crippen molar-refractivity contribution in [3.8, 4) is 0 Å². The van der Waals surface area contributed by atoms with Crippen molar-refractivity contribution in [2.45, 2.75) is 56.5 Å². The molecular weight excluding hydrogens is 296 g/mol. The Bertz CT molecular complexity index is 531. The van der Waals surface area contributed by atoms with Crippen LogP contribution in [-0.2, 0) is 12.7 Å². The third-order valence-electron chi connectivity index (χ3n) is 4.87. The van der Waals surface area contributed by atoms with Gasteiger partial charge in [-0.1, -0.05) is 6.07 Å². The molecule has 1 N–H and O–H groups in total. The van der Waals surface area contributed by atoms with E-state index in [4.69, 9.17) is 0 Å². The van der Waals surface area contributed by atoms with Crippen LogP contribution in [0.2, 0.25) is 0 Å². The van der Waals surface area contributed by atoms with Gasteiger partial charge in [0.1, 0.15) is 5.82 Å². The summed E-state index contributed by atoms with van der Waals surface area (Å²) in [6.45, 7) is 0.194. The average Bonchev–Trinajstić information content (AvgIpc) is 2.78. The van der Waals surface area contributed by atoms with Gasteiger partial charge >= 0.3 is 6.18 Å². The highest BCUT2D eigenvalue weighted by Crippen LogP contribution is 2.34. The summed E-state index contributed by atoms with van der Waals surface area (Å²) < 4.78 is 52.3. The largest absolute Gasteiger partial charge is 0.416 e. The molecule has 2 bridgehead atoms. The van der Waals surface area contributed by atoms with Crippen LogP contribution in [-0.4, -0.2) is 30.1 Å². The Morgan fingerprint density at radius 3 is 2.41 bits per heavy atom. The number of piperidine rings is 1. The highest BCUT2D eigenvalue weighted by atomic mass is 19.4. The summed E-state index contributed by atoms with van der Waals surface area (Å²) in [5.74, 6) is -0.848. The molecule has 0 spiro atoms. The predicted octanol–water partition coefficient (Wildman–Crippen LogP) is 3.56. The first-order chi connectivity index (χ1) is 10.3. The van der Waals surface area contributed by atoms with Gasteiger partial charge in [0.2, 0.25) is 0 Å². The maximum atomic E-state index is 13.2. The summed E-state index contributed by atoms with van der Waals surface area (Å²) in [6, 6.07) is 4.21. The highest BCUT2D eigenvalue weighted by Gasteiger charge is 2.37. The van der Waals surface area contributed by atoms with Gasteiger partial charge < -0.3 is 5.32 Å². The van der Waals surface area contributed by atoms with Gasteiger partial charge in [0, 0.05) is 24.7 Å². The Hall–Kier alpha value is -1.14. The Balaban J connectivity index is 1.75. The van der Waals surface area contributed by atoms with E-state index in [0.29, 0.717) is 18.2 Å². The maximum absolute atomic E-state index is 13.2. The number of rotatable bonds is 3. The molecule has 22 heavy (non-hydrogen) atoms. The van der Waals surface area contributed by atoms with Gasteiger partial charge in [-0.2, -0.15) is 13.2 Å². The number of halogens is 4. The maximum Gasteiger partial charge on any atom is 0.416 e. The molecule has 6 heteroatoms. The molecular formula is C16H20F4N2. The Morgan fingerprint density at radius 2 is 1.82 bits per heavy atom. The van der Waals surface area contributed by atoms with Gasteiger partial charge in [-0.25, -0.2) is 4.39 Å². The van der Waals surface area contributed by atoms with Crippen molar-refractivity contribution < 1.29 is 17.6 Å². The van der Waals surface area contributed by atoms with Crippen LogP contribution in [0.25, 0.3) is 0 Å². The quantitative estimate of drug-likeness (QED) is 0.858. The molecule has 2 nitrogen and oxygen atoms in total. The van der Waals surface area contributed by atoms with Crippen LogP contribution in [0.5, 0.6) is 0 Å². The summed E-state index contributed by atoms with van der Waals surface area (Å²) in [7, 11) is 1.86. The van der Waals surface area contributed by atoms with E-state index in [1.54, 1.807) is 0 Å². The van der Waals surface area contributed by atoms with E-state index in [0.717, 1.165) is 31.7 Å². The fourth-order valence-corrected chi connectivity index (χ4v) is 3.74. The molecule has 2 heterocycles. The summed E-state index contributed by atoms with van der Waals surface area (Å²) in [5, 5.41) is 3.53. The minimum absolute atomic E-state index is 0.141. The second-order valence-corrected chi connectivity index (χ2v) is 6.48. The number of nitrogens with one attached hydrogen (secondary N) is 1. The van der Waals surface area contributed by atoms with Crippen molar-refractivity contribution >= 4 is 0 Å². The molecule has 1 aromatic carbocycles. The van der Waals surface area contributed by atoms with Crippen LogP contribution in [0.3, 0.4) is 0 Å². The molecule has 0 aromatic heterocycles. The first-order valence-corrected chi connectivity index (χ1v) is 7.65. The molecule has 2 aliphatic rings. The summed E-state index contributed by atoms with van der Waals surface area (Å²) in [5.41, 5.74) is -0.724. The monoisotopic (exact) mass is 316 g/mol. The van der Waals surface area contributed by atoms with Crippen molar-refractivity contribution in [3.63, 3.8) is 0 Å². The van der Waals surface area contributed by atoms with E-state index in [1.807, 2.05) is 11.9 Å². The van der Waals surface area contributed by atoms with Gasteiger partial charge in [0.05, 0.1) is 5.56 Å². The molecule has 2 fully saturated rings. The average molecular weight is 316 g/mol. The van der Waals surface area contributed by atoms with Crippen molar-refractivity contribution in [3.05, 3.63) is 35.1 Å². The third kappa shape index (κ3) is 3.27. The van der Waals surface area contributed by atoms with Crippen LogP contribution in [0.4, 0.5) is 17.6 Å². The van der Waals surface area contributed by atoms with E-state index >= 15 is 0 Å². The number of hydrogen-bond donors (Lipinski definition) is 1. The molecule has 2 saturated heterocycles. The van der Waals surface area contributed by atoms with Crippen molar-refractivity contribution in [1.29, 1.82) is 0 Å². The third-order valence-corrected chi connectivity index (χ3v) is 4.87. The number of nitrogens with zero attached hydrogens (tertiary/aromatic N) is 1. The molecule has 2 atom stereocenters. The first-order valence-electron chi connectivity index (χ1n) is 7.65. The lowest BCUT2D eigenvalue weighted by atomic mass is 9.97. The first kappa shape index (κ1) is 15.7. The molecule has 0 aliphatic carbocycles. The van der Waals surface area contributed by atoms with Crippen LogP contribution in [0.15, 0.2) is 18.2 Å². The zero-order valence-corrected chi connectivity index (χ0v) is 12.5. The van der Waals surface area contributed by atoms with Crippen LogP contribution < -0.4 is 5.32 Å². The van der Waals surface area contributed by atoms with E-state index in [9.17, 15) is 17.6 Å². The number of alkyl halides is 3. The SMILES string of the molecule is CN(Cc1ccc(F)cc1C(F)(F)F)C1CC2CCC(C1)N2. The molecule has 0 amide bonds. The van der Waals surface area contributed by atoms with Gasteiger partial charge in [-0.15, -0.1) is 0 Å². The molecule has 2 aliphatic heterocycles. The molecule has 2 unspecified atom stereocenters. The molecule has 0 radical (unpaired) electrons. The Morgan fingerprint density at radius 1 is 1.18 bits per heavy atom. The van der Waals surface area contributed by atoms with Gasteiger partial charge in [0.15, 0.2) is 0 Å². The van der Waals surface area contributed by atoms with Gasteiger partial charge in [-0.3, -0.25) is 4.90 Å². The Kier molecular flexibility index (Phi) is 4.16. The number of benzene rings is 1. The number of hydrogen-bond acceptors (Lipinski definition) is 2. The zero-order valence-electron chi connectivity index (χ0n) is 12.5. The summed E-state index contributed by atoms with van der Waals surface area (Å²) in [6.07, 6.45) is -0.283. The molecule has 3 rings (SSSR count). The second kappa shape index (κ2) is 5.81. The smallest absolute Gasteiger partial charge is 0.311 e. The van der Waals surface area contributed by atoms with E-state index < -0.39 is 17.6 Å². The van der Waals surface area contributed by atoms with Crippen molar-refractivity contribution in [2.75, 3.05) is 7.05 Å². The van der Waals surface area contributed by atoms with Gasteiger partial charge in [-0.05, 0) is 50.4 Å². The molecule has 0 saturated carbocycles. The minimum Gasteiger partial charge on any atom is -0.311 e. The summed E-state index contributed by atoms with van der Waals surface area (Å²) >= 11 is 0. The lowest BCUT2D eigenvalue weighted by Gasteiger charge is -2.36. The fourth-order valence-electron chi connectivity index (χ4n) is 3.74. The zero-order chi connectivity index (χ0) is 15.9. The van der Waals surface area contributed by atoms with Gasteiger partial charge in [0.25, 0.3) is 0 Å². The van der Waals surface area contributed by atoms with Crippen LogP contribution in [0.1, 0.15) is 36.8 Å². The topological polar surface area (TPSA) is 15.3 Å². The van der Waals surface area contributed by atoms with Crippen LogP contribution >= 0.6 is 0 Å². The lowest BCUT2D eigenvalue weighted by molar-refractivity contribution is -0.138. The second-order valence-electron chi connectivity index (χ2n) is 6.48. The van der Waals surface area contributed by atoms with E-state index in [2.05, 4.69) is 5.32 Å². The van der Waals surface area contributed by atoms with E-state index in [1.165, 1.54) is 6.07 Å². The predicted molar refractivity (Wildman–Crippen MR) is 75.8 cm³/mol. The van der Waals surface area contributed by atoms with Crippen molar-refractivity contribution in [1.82, 2.24) is 10.2 Å². The molecule has 122 valence electrons.